The minimum absolute atomic E-state index is 0.0425. The van der Waals surface area contributed by atoms with Gasteiger partial charge in [0, 0.05) is 12.3 Å². The molecule has 1 saturated heterocycles. The average Bonchev–Trinajstić information content (AvgIpc) is 2.06. The summed E-state index contributed by atoms with van der Waals surface area (Å²) in [6.45, 7) is 13.3. The van der Waals surface area contributed by atoms with Crippen molar-refractivity contribution in [1.82, 2.24) is 5.32 Å². The molecular weight excluding hydrogens is 250 g/mol. The number of hydrogen-bond donors (Lipinski definition) is 1. The van der Waals surface area contributed by atoms with E-state index in [1.165, 1.54) is 0 Å². The number of carbonyl (C=O) groups excluding carboxylic acids is 2. The van der Waals surface area contributed by atoms with Crippen LogP contribution in [0, 0.1) is 28.1 Å². The van der Waals surface area contributed by atoms with Crippen molar-refractivity contribution in [3.05, 3.63) is 0 Å². The molecule has 0 aromatic heterocycles. The normalized spacial score (nSPS) is 31.4. The summed E-state index contributed by atoms with van der Waals surface area (Å²) in [5, 5.41) is 2.56. The Morgan fingerprint density at radius 1 is 1.00 bits per heavy atom. The van der Waals surface area contributed by atoms with Crippen LogP contribution in [0.4, 0.5) is 0 Å². The van der Waals surface area contributed by atoms with E-state index in [9.17, 15) is 9.59 Å². The highest BCUT2D eigenvalue weighted by Crippen LogP contribution is 2.60. The van der Waals surface area contributed by atoms with Crippen LogP contribution in [-0.2, 0) is 9.59 Å². The number of imide groups is 1. The predicted molar refractivity (Wildman–Crippen MR) is 79.9 cm³/mol. The molecule has 3 heteroatoms. The lowest BCUT2D eigenvalue weighted by Gasteiger charge is -2.56. The Hall–Kier alpha value is -0.860. The van der Waals surface area contributed by atoms with Gasteiger partial charge in [-0.2, -0.15) is 0 Å². The van der Waals surface area contributed by atoms with Gasteiger partial charge in [-0.1, -0.05) is 41.5 Å². The monoisotopic (exact) mass is 279 g/mol. The summed E-state index contributed by atoms with van der Waals surface area (Å²) < 4.78 is 0. The molecule has 2 fully saturated rings. The summed E-state index contributed by atoms with van der Waals surface area (Å²) in [7, 11) is 0. The van der Waals surface area contributed by atoms with Crippen LogP contribution in [-0.4, -0.2) is 11.8 Å². The summed E-state index contributed by atoms with van der Waals surface area (Å²) >= 11 is 0. The summed E-state index contributed by atoms with van der Waals surface area (Å²) in [5.74, 6) is 0.0944. The molecule has 3 nitrogen and oxygen atoms in total. The summed E-state index contributed by atoms with van der Waals surface area (Å²) in [6.07, 6.45) is 3.62. The molecule has 1 aliphatic heterocycles. The van der Waals surface area contributed by atoms with Gasteiger partial charge in [0.05, 0.1) is 0 Å². The van der Waals surface area contributed by atoms with E-state index < -0.39 is 0 Å². The minimum atomic E-state index is -0.154. The van der Waals surface area contributed by atoms with Gasteiger partial charge in [-0.25, -0.2) is 0 Å². The molecule has 2 rings (SSSR count). The Kier molecular flexibility index (Phi) is 3.55. The highest BCUT2D eigenvalue weighted by Gasteiger charge is 2.56. The molecule has 1 spiro atoms. The second-order valence-electron chi connectivity index (χ2n) is 9.03. The lowest BCUT2D eigenvalue weighted by molar-refractivity contribution is -0.154. The first-order valence-corrected chi connectivity index (χ1v) is 7.80. The molecule has 1 saturated carbocycles. The number of nitrogens with one attached hydrogen (secondary N) is 1. The third-order valence-corrected chi connectivity index (χ3v) is 5.00. The topological polar surface area (TPSA) is 46.2 Å². The zero-order valence-electron chi connectivity index (χ0n) is 13.8. The molecule has 2 aliphatic rings. The lowest BCUT2D eigenvalue weighted by Crippen LogP contribution is -2.58. The Bertz CT molecular complexity index is 418. The number of piperidine rings is 1. The van der Waals surface area contributed by atoms with E-state index in [0.29, 0.717) is 6.42 Å². The van der Waals surface area contributed by atoms with Gasteiger partial charge in [0.2, 0.25) is 11.8 Å². The number of carbonyl (C=O) groups is 2. The van der Waals surface area contributed by atoms with Gasteiger partial charge in [-0.15, -0.1) is 0 Å². The van der Waals surface area contributed by atoms with Gasteiger partial charge in [-0.05, 0) is 41.4 Å². The molecule has 20 heavy (non-hydrogen) atoms. The molecule has 0 aromatic carbocycles. The van der Waals surface area contributed by atoms with Crippen molar-refractivity contribution in [2.45, 2.75) is 67.2 Å². The molecule has 1 atom stereocenters. The summed E-state index contributed by atoms with van der Waals surface area (Å²) in [6, 6.07) is 0. The minimum Gasteiger partial charge on any atom is -0.296 e. The van der Waals surface area contributed by atoms with Crippen LogP contribution in [0.2, 0.25) is 0 Å². The van der Waals surface area contributed by atoms with Crippen LogP contribution in [0.5, 0.6) is 0 Å². The van der Waals surface area contributed by atoms with Crippen molar-refractivity contribution in [3.8, 4) is 0 Å². The van der Waals surface area contributed by atoms with Crippen LogP contribution < -0.4 is 5.32 Å². The van der Waals surface area contributed by atoms with E-state index in [1.54, 1.807) is 0 Å². The van der Waals surface area contributed by atoms with Crippen LogP contribution in [0.25, 0.3) is 0 Å². The quantitative estimate of drug-likeness (QED) is 0.746. The van der Waals surface area contributed by atoms with Gasteiger partial charge < -0.3 is 0 Å². The van der Waals surface area contributed by atoms with Gasteiger partial charge >= 0.3 is 0 Å². The average molecular weight is 279 g/mol. The highest BCUT2D eigenvalue weighted by atomic mass is 16.2. The van der Waals surface area contributed by atoms with Crippen LogP contribution in [0.3, 0.4) is 0 Å². The molecule has 114 valence electrons. The fourth-order valence-corrected chi connectivity index (χ4v) is 5.71. The second kappa shape index (κ2) is 4.57. The molecule has 1 heterocycles. The SMILES string of the molecule is CC(C)C1C(=O)NC(=O)CC12CC(C)(C)CC(C)(C)C2. The molecule has 1 unspecified atom stereocenters. The van der Waals surface area contributed by atoms with E-state index >= 15 is 0 Å². The van der Waals surface area contributed by atoms with Crippen molar-refractivity contribution < 1.29 is 9.59 Å². The second-order valence-corrected chi connectivity index (χ2v) is 9.03. The maximum Gasteiger partial charge on any atom is 0.230 e. The summed E-state index contributed by atoms with van der Waals surface area (Å²) in [5.41, 5.74) is 0.221. The Balaban J connectivity index is 2.47. The maximum absolute atomic E-state index is 12.4. The van der Waals surface area contributed by atoms with Gasteiger partial charge in [0.15, 0.2) is 0 Å². The van der Waals surface area contributed by atoms with Crippen LogP contribution >= 0.6 is 0 Å². The zero-order valence-corrected chi connectivity index (χ0v) is 13.8. The van der Waals surface area contributed by atoms with Crippen molar-refractivity contribution in [1.29, 1.82) is 0 Å². The largest absolute Gasteiger partial charge is 0.296 e. The Morgan fingerprint density at radius 2 is 1.50 bits per heavy atom. The molecule has 0 aromatic rings. The van der Waals surface area contributed by atoms with Crippen molar-refractivity contribution in [2.24, 2.45) is 28.1 Å². The smallest absolute Gasteiger partial charge is 0.230 e. The first-order valence-electron chi connectivity index (χ1n) is 7.80. The number of hydrogen-bond acceptors (Lipinski definition) is 2. The van der Waals surface area contributed by atoms with E-state index in [2.05, 4.69) is 46.9 Å². The third-order valence-electron chi connectivity index (χ3n) is 5.00. The Morgan fingerprint density at radius 3 is 1.95 bits per heavy atom. The molecule has 1 aliphatic carbocycles. The molecule has 1 N–H and O–H groups in total. The van der Waals surface area contributed by atoms with E-state index in [1.807, 2.05) is 0 Å². The van der Waals surface area contributed by atoms with E-state index in [4.69, 9.17) is 0 Å². The fourth-order valence-electron chi connectivity index (χ4n) is 5.71. The van der Waals surface area contributed by atoms with Gasteiger partial charge in [0.25, 0.3) is 0 Å². The maximum atomic E-state index is 12.4. The van der Waals surface area contributed by atoms with Crippen molar-refractivity contribution >= 4 is 11.8 Å². The number of rotatable bonds is 1. The standard InChI is InChI=1S/C17H29NO2/c1-11(2)13-14(20)18-12(19)7-17(13)9-15(3,4)8-16(5,6)10-17/h11,13H,7-10H2,1-6H3,(H,18,19,20). The highest BCUT2D eigenvalue weighted by molar-refractivity contribution is 5.99. The Labute approximate surface area is 122 Å². The van der Waals surface area contributed by atoms with Crippen LogP contribution in [0.1, 0.15) is 67.2 Å². The predicted octanol–water partition coefficient (Wildman–Crippen LogP) is 3.53. The number of amides is 2. The van der Waals surface area contributed by atoms with Crippen LogP contribution in [0.15, 0.2) is 0 Å². The van der Waals surface area contributed by atoms with Gasteiger partial charge in [-0.3, -0.25) is 14.9 Å². The lowest BCUT2D eigenvalue weighted by atomic mass is 9.48. The van der Waals surface area contributed by atoms with Crippen molar-refractivity contribution in [3.63, 3.8) is 0 Å². The van der Waals surface area contributed by atoms with E-state index in [0.717, 1.165) is 19.3 Å². The first kappa shape index (κ1) is 15.5. The first-order chi connectivity index (χ1) is 8.96. The van der Waals surface area contributed by atoms with E-state index in [-0.39, 0.29) is 39.9 Å². The third kappa shape index (κ3) is 2.77. The van der Waals surface area contributed by atoms with Gasteiger partial charge in [0.1, 0.15) is 0 Å². The van der Waals surface area contributed by atoms with Crippen molar-refractivity contribution in [2.75, 3.05) is 0 Å². The molecule has 2 amide bonds. The zero-order chi connectivity index (χ0) is 15.3. The fraction of sp³-hybridized carbons (Fsp3) is 0.882. The summed E-state index contributed by atoms with van der Waals surface area (Å²) in [4.78, 5) is 24.4. The molecule has 0 radical (unpaired) electrons. The molecule has 0 bridgehead atoms. The molecular formula is C17H29NO2.